The van der Waals surface area contributed by atoms with Gasteiger partial charge in [-0.25, -0.2) is 0 Å². The highest BCUT2D eigenvalue weighted by molar-refractivity contribution is 7.80. The smallest absolute Gasteiger partial charge is 0.258 e. The van der Waals surface area contributed by atoms with Gasteiger partial charge in [0.25, 0.3) is 5.69 Å². The van der Waals surface area contributed by atoms with Crippen molar-refractivity contribution in [2.75, 3.05) is 5.75 Å². The molecule has 0 aliphatic carbocycles. The van der Waals surface area contributed by atoms with Gasteiger partial charge in [-0.3, -0.25) is 10.1 Å². The van der Waals surface area contributed by atoms with Gasteiger partial charge in [-0.2, -0.15) is 12.6 Å². The van der Waals surface area contributed by atoms with Gasteiger partial charge in [0.15, 0.2) is 0 Å². The lowest BCUT2D eigenvalue weighted by Crippen LogP contribution is -2.00. The molecule has 1 aromatic carbocycles. The van der Waals surface area contributed by atoms with Crippen LogP contribution in [0.25, 0.3) is 0 Å². The van der Waals surface area contributed by atoms with Gasteiger partial charge >= 0.3 is 0 Å². The summed E-state index contributed by atoms with van der Waals surface area (Å²) in [6, 6.07) is 6.78. The largest absolute Gasteiger partial charge is 0.272 e. The average Bonchev–Trinajstić information content (AvgIpc) is 2.30. The van der Waals surface area contributed by atoms with Crippen LogP contribution < -0.4 is 0 Å². The molecule has 0 aliphatic heterocycles. The van der Waals surface area contributed by atoms with Crippen molar-refractivity contribution in [3.05, 3.63) is 39.9 Å². The molecular weight excluding hydrogens is 210 g/mol. The number of benzene rings is 1. The second-order valence-electron chi connectivity index (χ2n) is 2.90. The van der Waals surface area contributed by atoms with Gasteiger partial charge in [-0.05, 0) is 11.7 Å². The number of thiol groups is 1. The van der Waals surface area contributed by atoms with Gasteiger partial charge in [0.1, 0.15) is 0 Å². The number of hydrogen-bond acceptors (Lipinski definition) is 3. The van der Waals surface area contributed by atoms with Crippen LogP contribution >= 0.6 is 12.6 Å². The maximum Gasteiger partial charge on any atom is 0.272 e. The molecule has 3 nitrogen and oxygen atoms in total. The summed E-state index contributed by atoms with van der Waals surface area (Å²) in [4.78, 5) is 10.3. The highest BCUT2D eigenvalue weighted by atomic mass is 32.1. The number of para-hydroxylation sites is 1. The molecule has 0 aromatic heterocycles. The Labute approximate surface area is 96.1 Å². The van der Waals surface area contributed by atoms with E-state index in [0.29, 0.717) is 5.75 Å². The zero-order chi connectivity index (χ0) is 11.8. The van der Waals surface area contributed by atoms with Crippen LogP contribution in [0.2, 0.25) is 0 Å². The zero-order valence-corrected chi connectivity index (χ0v) is 10.2. The van der Waals surface area contributed by atoms with Crippen molar-refractivity contribution >= 4 is 18.3 Å². The molecule has 0 fully saturated rings. The fraction of sp³-hybridized carbons (Fsp3) is 0.455. The Morgan fingerprint density at radius 3 is 2.40 bits per heavy atom. The molecule has 84 valence electrons. The van der Waals surface area contributed by atoms with E-state index in [9.17, 15) is 10.1 Å². The predicted molar refractivity (Wildman–Crippen MR) is 66.7 cm³/mol. The van der Waals surface area contributed by atoms with E-state index in [-0.39, 0.29) is 16.5 Å². The molecule has 0 amide bonds. The van der Waals surface area contributed by atoms with Crippen molar-refractivity contribution in [1.82, 2.24) is 0 Å². The Morgan fingerprint density at radius 1 is 1.40 bits per heavy atom. The molecule has 0 spiro atoms. The van der Waals surface area contributed by atoms with Gasteiger partial charge in [0.05, 0.1) is 4.92 Å². The third-order valence-electron chi connectivity index (χ3n) is 1.94. The van der Waals surface area contributed by atoms with Crippen LogP contribution in [0.5, 0.6) is 0 Å². The Balaban J connectivity index is 0.000000921. The van der Waals surface area contributed by atoms with E-state index in [1.54, 1.807) is 12.1 Å². The first-order valence-electron chi connectivity index (χ1n) is 5.01. The van der Waals surface area contributed by atoms with Crippen molar-refractivity contribution in [2.45, 2.75) is 26.7 Å². The van der Waals surface area contributed by atoms with Crippen molar-refractivity contribution in [2.24, 2.45) is 0 Å². The van der Waals surface area contributed by atoms with Gasteiger partial charge in [-0.15, -0.1) is 0 Å². The first-order valence-corrected chi connectivity index (χ1v) is 5.64. The monoisotopic (exact) mass is 227 g/mol. The number of nitro groups is 1. The molecule has 0 N–H and O–H groups in total. The number of hydrogen-bond donors (Lipinski definition) is 1. The standard InChI is InChI=1S/C9H11NO2S.C2H6/c1-7(6-13)8-4-2-3-5-9(8)10(11)12;1-2/h2-5,7,13H,6H2,1H3;1-2H3. The van der Waals surface area contributed by atoms with Crippen LogP contribution in [0.3, 0.4) is 0 Å². The molecule has 0 radical (unpaired) electrons. The minimum atomic E-state index is -0.352. The highest BCUT2D eigenvalue weighted by Crippen LogP contribution is 2.26. The number of nitro benzene ring substituents is 1. The second kappa shape index (κ2) is 7.29. The Kier molecular flexibility index (Phi) is 6.79. The third-order valence-corrected chi connectivity index (χ3v) is 2.49. The fourth-order valence-electron chi connectivity index (χ4n) is 1.17. The van der Waals surface area contributed by atoms with Crippen LogP contribution in [-0.2, 0) is 0 Å². The van der Waals surface area contributed by atoms with Gasteiger partial charge in [-0.1, -0.05) is 39.0 Å². The predicted octanol–water partition coefficient (Wildman–Crippen LogP) is 3.65. The van der Waals surface area contributed by atoms with Crippen molar-refractivity contribution < 1.29 is 4.92 Å². The van der Waals surface area contributed by atoms with E-state index in [2.05, 4.69) is 12.6 Å². The summed E-state index contributed by atoms with van der Waals surface area (Å²) in [5.74, 6) is 0.732. The maximum absolute atomic E-state index is 10.6. The third kappa shape index (κ3) is 3.91. The van der Waals surface area contributed by atoms with E-state index in [0.717, 1.165) is 5.56 Å². The molecule has 1 rings (SSSR count). The second-order valence-corrected chi connectivity index (χ2v) is 3.26. The summed E-state index contributed by atoms with van der Waals surface area (Å²) in [5.41, 5.74) is 0.937. The van der Waals surface area contributed by atoms with Crippen molar-refractivity contribution in [1.29, 1.82) is 0 Å². The fourth-order valence-corrected chi connectivity index (χ4v) is 1.37. The van der Waals surface area contributed by atoms with Gasteiger partial charge < -0.3 is 0 Å². The quantitative estimate of drug-likeness (QED) is 0.486. The molecule has 0 aliphatic rings. The molecule has 1 aromatic rings. The minimum Gasteiger partial charge on any atom is -0.258 e. The highest BCUT2D eigenvalue weighted by Gasteiger charge is 2.16. The lowest BCUT2D eigenvalue weighted by Gasteiger charge is -2.07. The van der Waals surface area contributed by atoms with Crippen LogP contribution in [-0.4, -0.2) is 10.7 Å². The van der Waals surface area contributed by atoms with Crippen LogP contribution in [0.4, 0.5) is 5.69 Å². The lowest BCUT2D eigenvalue weighted by molar-refractivity contribution is -0.385. The van der Waals surface area contributed by atoms with E-state index < -0.39 is 0 Å². The molecule has 4 heteroatoms. The SMILES string of the molecule is CC.CC(CS)c1ccccc1[N+](=O)[O-]. The molecule has 0 heterocycles. The molecule has 0 saturated carbocycles. The van der Waals surface area contributed by atoms with Crippen LogP contribution in [0.15, 0.2) is 24.3 Å². The summed E-state index contributed by atoms with van der Waals surface area (Å²) in [5, 5.41) is 10.6. The number of nitrogens with zero attached hydrogens (tertiary/aromatic N) is 1. The summed E-state index contributed by atoms with van der Waals surface area (Å²) < 4.78 is 0. The number of rotatable bonds is 3. The van der Waals surface area contributed by atoms with Crippen LogP contribution in [0, 0.1) is 10.1 Å². The van der Waals surface area contributed by atoms with E-state index in [1.807, 2.05) is 26.8 Å². The van der Waals surface area contributed by atoms with Gasteiger partial charge in [0, 0.05) is 11.6 Å². The topological polar surface area (TPSA) is 43.1 Å². The van der Waals surface area contributed by atoms with E-state index in [1.165, 1.54) is 6.07 Å². The zero-order valence-electron chi connectivity index (χ0n) is 9.30. The first-order chi connectivity index (χ1) is 7.16. The maximum atomic E-state index is 10.6. The normalized spacial score (nSPS) is 11.2. The minimum absolute atomic E-state index is 0.116. The summed E-state index contributed by atoms with van der Waals surface area (Å²) in [6.45, 7) is 5.93. The Hall–Kier alpha value is -1.03. The Morgan fingerprint density at radius 2 is 1.93 bits per heavy atom. The van der Waals surface area contributed by atoms with Crippen molar-refractivity contribution in [3.63, 3.8) is 0 Å². The molecular formula is C11H17NO2S. The summed E-state index contributed by atoms with van der Waals surface area (Å²) in [7, 11) is 0. The molecule has 15 heavy (non-hydrogen) atoms. The molecule has 0 saturated heterocycles. The molecule has 0 bridgehead atoms. The van der Waals surface area contributed by atoms with E-state index >= 15 is 0 Å². The summed E-state index contributed by atoms with van der Waals surface area (Å²) >= 11 is 4.12. The first kappa shape index (κ1) is 14.0. The van der Waals surface area contributed by atoms with Crippen LogP contribution in [0.1, 0.15) is 32.3 Å². The molecule has 1 unspecified atom stereocenters. The molecule has 1 atom stereocenters. The van der Waals surface area contributed by atoms with Gasteiger partial charge in [0.2, 0.25) is 0 Å². The average molecular weight is 227 g/mol. The Bertz CT molecular complexity index is 315. The summed E-state index contributed by atoms with van der Waals surface area (Å²) in [6.07, 6.45) is 0. The lowest BCUT2D eigenvalue weighted by atomic mass is 10.0. The van der Waals surface area contributed by atoms with Crippen molar-refractivity contribution in [3.8, 4) is 0 Å². The van der Waals surface area contributed by atoms with E-state index in [4.69, 9.17) is 0 Å².